The number of hydrogen-bond acceptors (Lipinski definition) is 4. The molecule has 0 unspecified atom stereocenters. The normalized spacial score (nSPS) is 15.4. The minimum absolute atomic E-state index is 0.0209. The van der Waals surface area contributed by atoms with E-state index in [1.165, 1.54) is 0 Å². The molecule has 1 aromatic carbocycles. The van der Waals surface area contributed by atoms with Gasteiger partial charge in [0.1, 0.15) is 5.75 Å². The first-order chi connectivity index (χ1) is 11.5. The monoisotopic (exact) mass is 393 g/mol. The number of carbonyl (C=O) groups is 1. The Labute approximate surface area is 152 Å². The first kappa shape index (κ1) is 18.8. The third-order valence-electron chi connectivity index (χ3n) is 4.21. The molecular weight excluding hydrogens is 370 g/mol. The van der Waals surface area contributed by atoms with Crippen LogP contribution < -0.4 is 4.74 Å². The Morgan fingerprint density at radius 1 is 1.33 bits per heavy atom. The van der Waals surface area contributed by atoms with Crippen molar-refractivity contribution in [2.45, 2.75) is 26.2 Å². The Morgan fingerprint density at radius 3 is 2.67 bits per heavy atom. The lowest BCUT2D eigenvalue weighted by Gasteiger charge is -2.34. The molecule has 5 nitrogen and oxygen atoms in total. The average Bonchev–Trinajstić information content (AvgIpc) is 2.58. The van der Waals surface area contributed by atoms with Crippen LogP contribution in [0.3, 0.4) is 0 Å². The summed E-state index contributed by atoms with van der Waals surface area (Å²) in [6, 6.07) is 8.04. The van der Waals surface area contributed by atoms with Crippen LogP contribution in [0.1, 0.15) is 31.7 Å². The highest BCUT2D eigenvalue weighted by Crippen LogP contribution is 2.29. The summed E-state index contributed by atoms with van der Waals surface area (Å²) in [7, 11) is 0. The summed E-state index contributed by atoms with van der Waals surface area (Å²) in [6.45, 7) is 8.11. The summed E-state index contributed by atoms with van der Waals surface area (Å²) >= 11 is 3.48. The number of piperazine rings is 1. The number of carbonyl (C=O) groups excluding carboxylic acids is 1. The molecule has 0 spiro atoms. The van der Waals surface area contributed by atoms with Crippen LogP contribution in [0.2, 0.25) is 0 Å². The maximum atomic E-state index is 12.4. The van der Waals surface area contributed by atoms with Gasteiger partial charge < -0.3 is 9.64 Å². The number of benzene rings is 1. The molecule has 0 saturated carbocycles. The Hall–Kier alpha value is -1.58. The minimum atomic E-state index is 0.0209. The van der Waals surface area contributed by atoms with Gasteiger partial charge >= 0.3 is 0 Å². The lowest BCUT2D eigenvalue weighted by atomic mass is 10.0. The van der Waals surface area contributed by atoms with Crippen LogP contribution in [0.15, 0.2) is 22.7 Å². The van der Waals surface area contributed by atoms with Crippen LogP contribution in [0, 0.1) is 11.3 Å². The largest absolute Gasteiger partial charge is 0.483 e. The summed E-state index contributed by atoms with van der Waals surface area (Å²) in [5.41, 5.74) is 1.10. The van der Waals surface area contributed by atoms with Gasteiger partial charge in [0, 0.05) is 43.6 Å². The van der Waals surface area contributed by atoms with E-state index in [-0.39, 0.29) is 12.5 Å². The molecular formula is C18H24BrN3O2. The summed E-state index contributed by atoms with van der Waals surface area (Å²) in [5.74, 6) is 1.12. The summed E-state index contributed by atoms with van der Waals surface area (Å²) in [5, 5.41) is 8.63. The van der Waals surface area contributed by atoms with Crippen molar-refractivity contribution in [1.82, 2.24) is 9.80 Å². The van der Waals surface area contributed by atoms with E-state index in [4.69, 9.17) is 10.00 Å². The van der Waals surface area contributed by atoms with E-state index in [9.17, 15) is 4.79 Å². The standard InChI is InChI=1S/C18H24BrN3O2/c1-14(2)16-12-15(19)4-5-17(16)24-13-18(23)22-10-8-21(9-11-22)7-3-6-20/h4-5,12,14H,3,7-11,13H2,1-2H3. The zero-order chi connectivity index (χ0) is 17.5. The van der Waals surface area contributed by atoms with Gasteiger partial charge in [-0.3, -0.25) is 9.69 Å². The van der Waals surface area contributed by atoms with Gasteiger partial charge in [-0.2, -0.15) is 5.26 Å². The van der Waals surface area contributed by atoms with Gasteiger partial charge in [-0.1, -0.05) is 29.8 Å². The van der Waals surface area contributed by atoms with Crippen LogP contribution >= 0.6 is 15.9 Å². The number of ether oxygens (including phenoxy) is 1. The molecule has 0 N–H and O–H groups in total. The van der Waals surface area contributed by atoms with Crippen molar-refractivity contribution in [3.8, 4) is 11.8 Å². The summed E-state index contributed by atoms with van der Waals surface area (Å²) < 4.78 is 6.80. The van der Waals surface area contributed by atoms with Crippen LogP contribution in [0.4, 0.5) is 0 Å². The highest BCUT2D eigenvalue weighted by molar-refractivity contribution is 9.10. The van der Waals surface area contributed by atoms with E-state index in [2.05, 4.69) is 40.7 Å². The van der Waals surface area contributed by atoms with Crippen molar-refractivity contribution >= 4 is 21.8 Å². The van der Waals surface area contributed by atoms with Crippen molar-refractivity contribution in [2.24, 2.45) is 0 Å². The first-order valence-corrected chi connectivity index (χ1v) is 9.10. The van der Waals surface area contributed by atoms with E-state index in [0.29, 0.717) is 25.4 Å². The molecule has 0 atom stereocenters. The quantitative estimate of drug-likeness (QED) is 0.745. The predicted molar refractivity (Wildman–Crippen MR) is 97.0 cm³/mol. The number of hydrogen-bond donors (Lipinski definition) is 0. The Morgan fingerprint density at radius 2 is 2.04 bits per heavy atom. The molecule has 1 fully saturated rings. The van der Waals surface area contributed by atoms with Crippen LogP contribution in [-0.2, 0) is 4.79 Å². The molecule has 6 heteroatoms. The molecule has 1 saturated heterocycles. The van der Waals surface area contributed by atoms with E-state index < -0.39 is 0 Å². The molecule has 24 heavy (non-hydrogen) atoms. The SMILES string of the molecule is CC(C)c1cc(Br)ccc1OCC(=O)N1CCN(CCC#N)CC1. The van der Waals surface area contributed by atoms with Gasteiger partial charge in [0.25, 0.3) is 5.91 Å². The topological polar surface area (TPSA) is 56.6 Å². The Balaban J connectivity index is 1.85. The molecule has 0 aromatic heterocycles. The second kappa shape index (κ2) is 9.05. The van der Waals surface area contributed by atoms with E-state index in [1.54, 1.807) is 0 Å². The number of rotatable bonds is 6. The third-order valence-corrected chi connectivity index (χ3v) is 4.70. The fourth-order valence-electron chi connectivity index (χ4n) is 2.76. The minimum Gasteiger partial charge on any atom is -0.483 e. The number of nitriles is 1. The zero-order valence-electron chi connectivity index (χ0n) is 14.3. The molecule has 0 aliphatic carbocycles. The average molecular weight is 394 g/mol. The van der Waals surface area contributed by atoms with Gasteiger partial charge in [-0.05, 0) is 29.7 Å². The molecule has 130 valence electrons. The summed E-state index contributed by atoms with van der Waals surface area (Å²) in [4.78, 5) is 16.4. The number of halogens is 1. The van der Waals surface area contributed by atoms with Crippen molar-refractivity contribution in [1.29, 1.82) is 5.26 Å². The molecule has 1 aliphatic heterocycles. The van der Waals surface area contributed by atoms with Gasteiger partial charge in [0.2, 0.25) is 0 Å². The molecule has 1 aromatic rings. The summed E-state index contributed by atoms with van der Waals surface area (Å²) in [6.07, 6.45) is 0.540. The second-order valence-corrected chi connectivity index (χ2v) is 7.17. The molecule has 2 rings (SSSR count). The van der Waals surface area contributed by atoms with E-state index in [0.717, 1.165) is 35.4 Å². The van der Waals surface area contributed by atoms with Crippen LogP contribution in [0.5, 0.6) is 5.75 Å². The van der Waals surface area contributed by atoms with E-state index >= 15 is 0 Å². The Kier molecular flexibility index (Phi) is 7.07. The molecule has 1 amide bonds. The zero-order valence-corrected chi connectivity index (χ0v) is 15.9. The smallest absolute Gasteiger partial charge is 0.260 e. The maximum Gasteiger partial charge on any atom is 0.260 e. The fourth-order valence-corrected chi connectivity index (χ4v) is 3.14. The van der Waals surface area contributed by atoms with Gasteiger partial charge in [-0.25, -0.2) is 0 Å². The van der Waals surface area contributed by atoms with Crippen molar-refractivity contribution < 1.29 is 9.53 Å². The van der Waals surface area contributed by atoms with Crippen LogP contribution in [-0.4, -0.2) is 55.0 Å². The van der Waals surface area contributed by atoms with Crippen molar-refractivity contribution in [2.75, 3.05) is 39.3 Å². The highest BCUT2D eigenvalue weighted by Gasteiger charge is 2.21. The number of amides is 1. The fraction of sp³-hybridized carbons (Fsp3) is 0.556. The van der Waals surface area contributed by atoms with Crippen molar-refractivity contribution in [3.05, 3.63) is 28.2 Å². The molecule has 0 bridgehead atoms. The lowest BCUT2D eigenvalue weighted by Crippen LogP contribution is -2.50. The predicted octanol–water partition coefficient (Wildman–Crippen LogP) is 3.01. The third kappa shape index (κ3) is 5.22. The maximum absolute atomic E-state index is 12.4. The Bertz CT molecular complexity index is 605. The first-order valence-electron chi connectivity index (χ1n) is 8.30. The molecule has 0 radical (unpaired) electrons. The molecule has 1 heterocycles. The second-order valence-electron chi connectivity index (χ2n) is 6.26. The van der Waals surface area contributed by atoms with Crippen LogP contribution in [0.25, 0.3) is 0 Å². The highest BCUT2D eigenvalue weighted by atomic mass is 79.9. The van der Waals surface area contributed by atoms with Crippen molar-refractivity contribution in [3.63, 3.8) is 0 Å². The van der Waals surface area contributed by atoms with E-state index in [1.807, 2.05) is 23.1 Å². The van der Waals surface area contributed by atoms with Gasteiger partial charge in [0.05, 0.1) is 6.07 Å². The number of nitrogens with zero attached hydrogens (tertiary/aromatic N) is 3. The van der Waals surface area contributed by atoms with Gasteiger partial charge in [-0.15, -0.1) is 0 Å². The lowest BCUT2D eigenvalue weighted by molar-refractivity contribution is -0.135. The van der Waals surface area contributed by atoms with Gasteiger partial charge in [0.15, 0.2) is 6.61 Å². The molecule has 1 aliphatic rings.